The van der Waals surface area contributed by atoms with E-state index in [9.17, 15) is 9.65 Å². The zero-order chi connectivity index (χ0) is 19.6. The Morgan fingerprint density at radius 3 is 2.48 bits per heavy atom. The number of nitriles is 1. The van der Waals surface area contributed by atoms with Crippen LogP contribution in [0.15, 0.2) is 48.5 Å². The third-order valence-corrected chi connectivity index (χ3v) is 4.60. The average molecular weight is 380 g/mol. The molecule has 0 aliphatic heterocycles. The third-order valence-electron chi connectivity index (χ3n) is 4.28. The number of aromatic nitrogens is 1. The summed E-state index contributed by atoms with van der Waals surface area (Å²) in [6.45, 7) is 4.34. The summed E-state index contributed by atoms with van der Waals surface area (Å²) in [6, 6.07) is 16.1. The second kappa shape index (κ2) is 7.77. The van der Waals surface area contributed by atoms with Gasteiger partial charge in [0.25, 0.3) is 0 Å². The SMILES string of the molecule is CC(C)Cc1ccc(-c2cc(-c3c(F)cccc3Cl)c(C#N)c(N)n2)cc1. The highest BCUT2D eigenvalue weighted by molar-refractivity contribution is 6.33. The molecule has 0 fully saturated rings. The first kappa shape index (κ1) is 18.9. The van der Waals surface area contributed by atoms with Crippen LogP contribution in [0.1, 0.15) is 25.0 Å². The number of nitrogens with two attached hydrogens (primary N) is 1. The van der Waals surface area contributed by atoms with Crippen molar-refractivity contribution in [2.24, 2.45) is 5.92 Å². The lowest BCUT2D eigenvalue weighted by atomic mass is 9.96. The average Bonchev–Trinajstić information content (AvgIpc) is 2.61. The lowest BCUT2D eigenvalue weighted by Gasteiger charge is -2.13. The minimum Gasteiger partial charge on any atom is -0.383 e. The number of nitrogens with zero attached hydrogens (tertiary/aromatic N) is 2. The molecule has 0 saturated heterocycles. The Labute approximate surface area is 163 Å². The second-order valence-corrected chi connectivity index (χ2v) is 7.23. The second-order valence-electron chi connectivity index (χ2n) is 6.82. The van der Waals surface area contributed by atoms with Crippen LogP contribution in [0.25, 0.3) is 22.4 Å². The fourth-order valence-electron chi connectivity index (χ4n) is 3.07. The largest absolute Gasteiger partial charge is 0.383 e. The Kier molecular flexibility index (Phi) is 5.43. The zero-order valence-electron chi connectivity index (χ0n) is 15.1. The van der Waals surface area contributed by atoms with Crippen LogP contribution in [0.5, 0.6) is 0 Å². The van der Waals surface area contributed by atoms with Gasteiger partial charge in [-0.25, -0.2) is 9.37 Å². The fraction of sp³-hybridized carbons (Fsp3) is 0.182. The Bertz CT molecular complexity index is 1000. The topological polar surface area (TPSA) is 62.7 Å². The molecule has 0 amide bonds. The molecule has 3 rings (SSSR count). The van der Waals surface area contributed by atoms with E-state index in [4.69, 9.17) is 17.3 Å². The van der Waals surface area contributed by atoms with E-state index in [2.05, 4.69) is 18.8 Å². The summed E-state index contributed by atoms with van der Waals surface area (Å²) in [5.41, 5.74) is 9.25. The maximum Gasteiger partial charge on any atom is 0.142 e. The van der Waals surface area contributed by atoms with E-state index >= 15 is 0 Å². The molecule has 2 aromatic carbocycles. The number of halogens is 2. The van der Waals surface area contributed by atoms with Gasteiger partial charge < -0.3 is 5.73 Å². The number of nitrogen functional groups attached to an aromatic ring is 1. The minimum absolute atomic E-state index is 0.0515. The molecule has 3 nitrogen and oxygen atoms in total. The van der Waals surface area contributed by atoms with Crippen molar-refractivity contribution in [2.75, 3.05) is 5.73 Å². The first-order valence-electron chi connectivity index (χ1n) is 8.65. The predicted molar refractivity (Wildman–Crippen MR) is 108 cm³/mol. The smallest absolute Gasteiger partial charge is 0.142 e. The van der Waals surface area contributed by atoms with E-state index < -0.39 is 5.82 Å². The van der Waals surface area contributed by atoms with Gasteiger partial charge in [0.15, 0.2) is 0 Å². The van der Waals surface area contributed by atoms with Gasteiger partial charge in [0.05, 0.1) is 10.7 Å². The number of pyridine rings is 1. The zero-order valence-corrected chi connectivity index (χ0v) is 15.9. The van der Waals surface area contributed by atoms with Crippen molar-refractivity contribution in [3.05, 3.63) is 70.5 Å². The summed E-state index contributed by atoms with van der Waals surface area (Å²) in [5, 5.41) is 9.71. The van der Waals surface area contributed by atoms with Crippen LogP contribution in [0.4, 0.5) is 10.2 Å². The Hall–Kier alpha value is -2.90. The summed E-state index contributed by atoms with van der Waals surface area (Å²) in [7, 11) is 0. The van der Waals surface area contributed by atoms with Gasteiger partial charge >= 0.3 is 0 Å². The highest BCUT2D eigenvalue weighted by Gasteiger charge is 2.18. The molecule has 0 saturated carbocycles. The van der Waals surface area contributed by atoms with E-state index in [-0.39, 0.29) is 22.0 Å². The van der Waals surface area contributed by atoms with Crippen LogP contribution < -0.4 is 5.73 Å². The Balaban J connectivity index is 2.14. The molecular formula is C22H19ClFN3. The molecule has 27 heavy (non-hydrogen) atoms. The molecule has 2 N–H and O–H groups in total. The number of hydrogen-bond donors (Lipinski definition) is 1. The third kappa shape index (κ3) is 3.94. The fourth-order valence-corrected chi connectivity index (χ4v) is 3.33. The standard InChI is InChI=1S/C22H19ClFN3/c1-13(2)10-14-6-8-15(9-7-14)20-11-16(17(12-25)22(26)27-20)21-18(23)4-3-5-19(21)24/h3-9,11,13H,10H2,1-2H3,(H2,26,27). The molecule has 0 aliphatic carbocycles. The Morgan fingerprint density at radius 2 is 1.89 bits per heavy atom. The Morgan fingerprint density at radius 1 is 1.19 bits per heavy atom. The summed E-state index contributed by atoms with van der Waals surface area (Å²) in [5.74, 6) is 0.104. The summed E-state index contributed by atoms with van der Waals surface area (Å²) >= 11 is 6.20. The van der Waals surface area contributed by atoms with Gasteiger partial charge in [-0.1, -0.05) is 55.8 Å². The molecule has 5 heteroatoms. The summed E-state index contributed by atoms with van der Waals surface area (Å²) < 4.78 is 14.4. The van der Waals surface area contributed by atoms with E-state index in [0.717, 1.165) is 12.0 Å². The minimum atomic E-state index is -0.511. The molecule has 0 spiro atoms. The number of rotatable bonds is 4. The van der Waals surface area contributed by atoms with Crippen molar-refractivity contribution in [3.63, 3.8) is 0 Å². The maximum absolute atomic E-state index is 14.4. The molecule has 1 aromatic heterocycles. The lowest BCUT2D eigenvalue weighted by molar-refractivity contribution is 0.631. The molecule has 136 valence electrons. The number of benzene rings is 2. The highest BCUT2D eigenvalue weighted by atomic mass is 35.5. The van der Waals surface area contributed by atoms with Crippen molar-refractivity contribution in [1.29, 1.82) is 5.26 Å². The lowest BCUT2D eigenvalue weighted by Crippen LogP contribution is -2.01. The van der Waals surface area contributed by atoms with Crippen LogP contribution in [-0.4, -0.2) is 4.98 Å². The molecule has 0 atom stereocenters. The normalized spacial score (nSPS) is 10.8. The molecule has 0 aliphatic rings. The van der Waals surface area contributed by atoms with Gasteiger partial charge in [-0.15, -0.1) is 0 Å². The molecule has 0 bridgehead atoms. The van der Waals surface area contributed by atoms with Crippen molar-refractivity contribution >= 4 is 17.4 Å². The highest BCUT2D eigenvalue weighted by Crippen LogP contribution is 2.36. The number of hydrogen-bond acceptors (Lipinski definition) is 3. The molecule has 3 aromatic rings. The summed E-state index contributed by atoms with van der Waals surface area (Å²) in [6.07, 6.45) is 0.985. The van der Waals surface area contributed by atoms with Crippen LogP contribution in [0, 0.1) is 23.1 Å². The van der Waals surface area contributed by atoms with Gasteiger partial charge in [-0.2, -0.15) is 5.26 Å². The molecular weight excluding hydrogens is 361 g/mol. The van der Waals surface area contributed by atoms with Crippen molar-refractivity contribution in [1.82, 2.24) is 4.98 Å². The van der Waals surface area contributed by atoms with Crippen molar-refractivity contribution in [2.45, 2.75) is 20.3 Å². The van der Waals surface area contributed by atoms with Gasteiger partial charge in [0.2, 0.25) is 0 Å². The number of anilines is 1. The quantitative estimate of drug-likeness (QED) is 0.617. The van der Waals surface area contributed by atoms with Gasteiger partial charge in [-0.05, 0) is 36.1 Å². The van der Waals surface area contributed by atoms with Gasteiger partial charge in [0.1, 0.15) is 23.3 Å². The first-order chi connectivity index (χ1) is 12.9. The molecule has 1 heterocycles. The monoisotopic (exact) mass is 379 g/mol. The van der Waals surface area contributed by atoms with E-state index in [1.54, 1.807) is 12.1 Å². The molecule has 0 radical (unpaired) electrons. The van der Waals surface area contributed by atoms with Gasteiger partial charge in [0, 0.05) is 16.7 Å². The molecule has 0 unspecified atom stereocenters. The van der Waals surface area contributed by atoms with E-state index in [1.165, 1.54) is 17.7 Å². The van der Waals surface area contributed by atoms with Crippen LogP contribution >= 0.6 is 11.6 Å². The van der Waals surface area contributed by atoms with Crippen LogP contribution in [0.2, 0.25) is 5.02 Å². The summed E-state index contributed by atoms with van der Waals surface area (Å²) in [4.78, 5) is 4.34. The van der Waals surface area contributed by atoms with Crippen molar-refractivity contribution in [3.8, 4) is 28.5 Å². The van der Waals surface area contributed by atoms with Crippen molar-refractivity contribution < 1.29 is 4.39 Å². The van der Waals surface area contributed by atoms with E-state index in [0.29, 0.717) is 17.2 Å². The maximum atomic E-state index is 14.4. The first-order valence-corrected chi connectivity index (χ1v) is 9.02. The van der Waals surface area contributed by atoms with Crippen LogP contribution in [0.3, 0.4) is 0 Å². The van der Waals surface area contributed by atoms with Gasteiger partial charge in [-0.3, -0.25) is 0 Å². The van der Waals surface area contributed by atoms with E-state index in [1.807, 2.05) is 30.3 Å². The predicted octanol–water partition coefficient (Wildman–Crippen LogP) is 5.86. The van der Waals surface area contributed by atoms with Crippen LogP contribution in [-0.2, 0) is 6.42 Å².